The second kappa shape index (κ2) is 39.8. The van der Waals surface area contributed by atoms with Crippen molar-refractivity contribution >= 4 is 62.4 Å². The first kappa shape index (κ1) is 68.8. The zero-order valence-corrected chi connectivity index (χ0v) is 48.6. The molecule has 1 heterocycles. The number of anilines is 3. The van der Waals surface area contributed by atoms with Gasteiger partial charge in [-0.3, -0.25) is 24.1 Å². The molecule has 0 aliphatic heterocycles. The molecular formula is C57H85N7O16S. The topological polar surface area (TPSA) is 316 Å². The van der Waals surface area contributed by atoms with E-state index in [4.69, 9.17) is 53.5 Å². The van der Waals surface area contributed by atoms with Gasteiger partial charge in [0.25, 0.3) is 0 Å². The first-order valence-corrected chi connectivity index (χ1v) is 29.5. The number of aromatic nitrogens is 1. The first-order chi connectivity index (χ1) is 39.1. The summed E-state index contributed by atoms with van der Waals surface area (Å²) in [4.78, 5) is 55.6. The summed E-state index contributed by atoms with van der Waals surface area (Å²) in [5.74, 6) is -1.42. The number of aliphatic hydroxyl groups is 3. The van der Waals surface area contributed by atoms with E-state index in [0.717, 1.165) is 6.42 Å². The maximum Gasteiger partial charge on any atom is 0.306 e. The molecule has 24 heteroatoms. The first-order valence-electron chi connectivity index (χ1n) is 27.8. The number of methoxy groups -OCH3 is 2. The summed E-state index contributed by atoms with van der Waals surface area (Å²) in [6.45, 7) is 6.38. The second-order valence-corrected chi connectivity index (χ2v) is 21.3. The number of azo groups is 1. The number of benzene rings is 2. The van der Waals surface area contributed by atoms with Crippen LogP contribution in [0.25, 0.3) is 0 Å². The van der Waals surface area contributed by atoms with Gasteiger partial charge in [0.15, 0.2) is 15.7 Å². The number of unbranched alkanes of at least 4 members (excludes halogenated alkanes) is 8. The van der Waals surface area contributed by atoms with Crippen LogP contribution in [0.1, 0.15) is 128 Å². The van der Waals surface area contributed by atoms with Crippen LogP contribution >= 0.6 is 0 Å². The lowest BCUT2D eigenvalue weighted by Gasteiger charge is -2.28. The normalized spacial score (nSPS) is 12.1. The average molecular weight is 1160 g/mol. The zero-order valence-electron chi connectivity index (χ0n) is 47.8. The zero-order chi connectivity index (χ0) is 59.3. The Morgan fingerprint density at radius 1 is 0.679 bits per heavy atom. The molecule has 2 unspecified atom stereocenters. The average Bonchev–Trinajstić information content (AvgIpc) is 3.55. The van der Waals surface area contributed by atoms with E-state index in [1.165, 1.54) is 26.4 Å². The number of ether oxygens (including phenoxy) is 7. The van der Waals surface area contributed by atoms with Crippen molar-refractivity contribution in [3.63, 3.8) is 0 Å². The number of carbonyl (C=O) groups excluding carboxylic acids is 4. The quantitative estimate of drug-likeness (QED) is 0.0154. The van der Waals surface area contributed by atoms with Crippen molar-refractivity contribution in [1.29, 1.82) is 5.26 Å². The molecule has 0 spiro atoms. The van der Waals surface area contributed by atoms with Gasteiger partial charge in [0.2, 0.25) is 0 Å². The summed E-state index contributed by atoms with van der Waals surface area (Å²) in [6.07, 6.45) is 7.22. The number of nitrogens with one attached hydrogen (secondary N) is 2. The van der Waals surface area contributed by atoms with E-state index in [-0.39, 0.29) is 142 Å². The fourth-order valence-corrected chi connectivity index (χ4v) is 9.65. The summed E-state index contributed by atoms with van der Waals surface area (Å²) < 4.78 is 67.3. The Morgan fingerprint density at radius 2 is 1.22 bits per heavy atom. The highest BCUT2D eigenvalue weighted by atomic mass is 32.2. The largest absolute Gasteiger partial charge is 0.495 e. The van der Waals surface area contributed by atoms with Gasteiger partial charge in [-0.05, 0) is 90.7 Å². The van der Waals surface area contributed by atoms with E-state index in [0.29, 0.717) is 94.9 Å². The number of sulfone groups is 1. The molecule has 0 aliphatic carbocycles. The van der Waals surface area contributed by atoms with E-state index >= 15 is 0 Å². The molecule has 0 bridgehead atoms. The number of hydrogen-bond acceptors (Lipinski definition) is 23. The molecule has 81 heavy (non-hydrogen) atoms. The SMILES string of the molecule is COc1cc(S(=O)(=O)CCN(CC(C)OC(=O)CCCCCO)CC(C)OC(=O)CCCCCO)c(OC)cc1N=Nc1c(Nc2ccccc2)nc(NCCOCCOC(=O)CCCCCOC(=O)CCCCCO)c(C#N)c1C. The summed E-state index contributed by atoms with van der Waals surface area (Å²) in [5.41, 5.74) is 1.54. The van der Waals surface area contributed by atoms with Gasteiger partial charge in [0, 0.05) is 95.1 Å². The molecule has 0 fully saturated rings. The fourth-order valence-electron chi connectivity index (χ4n) is 8.20. The molecule has 3 rings (SSSR count). The van der Waals surface area contributed by atoms with E-state index in [1.54, 1.807) is 25.7 Å². The number of nitrogens with zero attached hydrogens (tertiary/aromatic N) is 5. The van der Waals surface area contributed by atoms with Gasteiger partial charge in [-0.2, -0.15) is 5.26 Å². The molecule has 2 aromatic carbocycles. The van der Waals surface area contributed by atoms with Crippen molar-refractivity contribution in [3.8, 4) is 17.6 Å². The fraction of sp³-hybridized carbons (Fsp3) is 0.614. The van der Waals surface area contributed by atoms with Gasteiger partial charge >= 0.3 is 23.9 Å². The third-order valence-corrected chi connectivity index (χ3v) is 14.1. The van der Waals surface area contributed by atoms with Crippen LogP contribution in [0.4, 0.5) is 28.7 Å². The molecule has 2 atom stereocenters. The van der Waals surface area contributed by atoms with E-state index < -0.39 is 39.7 Å². The highest BCUT2D eigenvalue weighted by Gasteiger charge is 2.27. The van der Waals surface area contributed by atoms with Crippen molar-refractivity contribution < 1.29 is 76.1 Å². The smallest absolute Gasteiger partial charge is 0.306 e. The summed E-state index contributed by atoms with van der Waals surface area (Å²) in [7, 11) is -1.48. The Morgan fingerprint density at radius 3 is 1.77 bits per heavy atom. The van der Waals surface area contributed by atoms with Crippen LogP contribution in [0.15, 0.2) is 57.6 Å². The minimum Gasteiger partial charge on any atom is -0.495 e. The molecule has 0 aliphatic rings. The van der Waals surface area contributed by atoms with Crippen LogP contribution in [0.3, 0.4) is 0 Å². The molecule has 0 saturated heterocycles. The van der Waals surface area contributed by atoms with Crippen LogP contribution in [0, 0.1) is 18.3 Å². The molecule has 0 saturated carbocycles. The summed E-state index contributed by atoms with van der Waals surface area (Å²) >= 11 is 0. The lowest BCUT2D eigenvalue weighted by atomic mass is 10.1. The minimum absolute atomic E-state index is 0.0302. The predicted molar refractivity (Wildman–Crippen MR) is 303 cm³/mol. The Labute approximate surface area is 477 Å². The summed E-state index contributed by atoms with van der Waals surface area (Å²) in [5, 5.41) is 52.8. The third kappa shape index (κ3) is 27.2. The third-order valence-electron chi connectivity index (χ3n) is 12.4. The van der Waals surface area contributed by atoms with E-state index in [9.17, 15) is 32.9 Å². The second-order valence-electron chi connectivity index (χ2n) is 19.2. The molecule has 0 amide bonds. The van der Waals surface area contributed by atoms with Crippen LogP contribution < -0.4 is 20.1 Å². The van der Waals surface area contributed by atoms with Gasteiger partial charge < -0.3 is 59.1 Å². The number of carbonyl (C=O) groups is 4. The van der Waals surface area contributed by atoms with Crippen molar-refractivity contribution in [2.75, 3.05) is 103 Å². The number of para-hydroxylation sites is 1. The molecule has 3 aromatic rings. The minimum atomic E-state index is -4.14. The molecule has 23 nitrogen and oxygen atoms in total. The van der Waals surface area contributed by atoms with E-state index in [2.05, 4.69) is 26.9 Å². The van der Waals surface area contributed by atoms with E-state index in [1.807, 2.05) is 30.3 Å². The molecule has 5 N–H and O–H groups in total. The number of aliphatic hydroxyl groups excluding tert-OH is 3. The van der Waals surface area contributed by atoms with Crippen molar-refractivity contribution in [3.05, 3.63) is 53.6 Å². The van der Waals surface area contributed by atoms with Gasteiger partial charge in [0.1, 0.15) is 58.5 Å². The van der Waals surface area contributed by atoms with Crippen LogP contribution in [0.5, 0.6) is 11.5 Å². The molecule has 0 radical (unpaired) electrons. The standard InChI is InChI=1S/C57H85N7O16S/c1-42(79-53(70)25-14-8-18-30-66)40-64(41-43(2)80-54(71)26-15-9-19-31-67)28-36-81(72,73)50-38-48(74-4)47(37-49(50)75-5)62-63-55-44(3)46(39-58)56(61-57(55)60-45-21-11-6-12-22-45)59-27-33-76-34-35-78-52(69)24-16-10-20-32-77-51(68)23-13-7-17-29-65/h6,11-12,21-22,37-38,42-43,65-67H,7-10,13-20,23-36,40-41H2,1-5H3,(H2,59,60,61). The molecular weight excluding hydrogens is 1070 g/mol. The number of hydrogen-bond donors (Lipinski definition) is 5. The van der Waals surface area contributed by atoms with Gasteiger partial charge in [-0.15, -0.1) is 10.2 Å². The Balaban J connectivity index is 1.74. The predicted octanol–water partition coefficient (Wildman–Crippen LogP) is 8.11. The number of nitriles is 1. The Hall–Kier alpha value is -6.49. The van der Waals surface area contributed by atoms with Crippen LogP contribution in [0.2, 0.25) is 0 Å². The maximum absolute atomic E-state index is 14.3. The van der Waals surface area contributed by atoms with Gasteiger partial charge in [-0.1, -0.05) is 37.5 Å². The Bertz CT molecular complexity index is 2520. The highest BCUT2D eigenvalue weighted by molar-refractivity contribution is 7.91. The van der Waals surface area contributed by atoms with Gasteiger partial charge in [0.05, 0.1) is 45.4 Å². The number of pyridine rings is 1. The van der Waals surface area contributed by atoms with Crippen LogP contribution in [-0.2, 0) is 52.7 Å². The highest BCUT2D eigenvalue weighted by Crippen LogP contribution is 2.41. The van der Waals surface area contributed by atoms with Crippen molar-refractivity contribution in [2.45, 2.75) is 141 Å². The van der Waals surface area contributed by atoms with Crippen molar-refractivity contribution in [1.82, 2.24) is 9.88 Å². The monoisotopic (exact) mass is 1160 g/mol. The lowest BCUT2D eigenvalue weighted by Crippen LogP contribution is -2.41. The van der Waals surface area contributed by atoms with Crippen LogP contribution in [-0.4, -0.2) is 162 Å². The van der Waals surface area contributed by atoms with Crippen molar-refractivity contribution in [2.24, 2.45) is 10.2 Å². The number of esters is 4. The number of rotatable bonds is 44. The van der Waals surface area contributed by atoms with Gasteiger partial charge in [-0.25, -0.2) is 13.4 Å². The lowest BCUT2D eigenvalue weighted by molar-refractivity contribution is -0.150. The summed E-state index contributed by atoms with van der Waals surface area (Å²) in [6, 6.07) is 14.0. The Kier molecular flexibility index (Phi) is 33.8. The maximum atomic E-state index is 14.3. The molecule has 1 aromatic heterocycles. The molecule has 450 valence electrons.